The highest BCUT2D eigenvalue weighted by molar-refractivity contribution is 6.31. The first-order valence-electron chi connectivity index (χ1n) is 8.79. The Balaban J connectivity index is 1.47. The number of halogens is 2. The monoisotopic (exact) mass is 380 g/mol. The number of hydrogen-bond acceptors (Lipinski definition) is 1. The number of hydrogen-bond donors (Lipinski definition) is 1. The molecule has 0 atom stereocenters. The van der Waals surface area contributed by atoms with Crippen molar-refractivity contribution in [1.82, 2.24) is 9.88 Å². The summed E-state index contributed by atoms with van der Waals surface area (Å²) >= 11 is 6.13. The van der Waals surface area contributed by atoms with Crippen molar-refractivity contribution in [3.05, 3.63) is 82.8 Å². The fourth-order valence-corrected chi connectivity index (χ4v) is 3.53. The number of carbonyl (C=O) groups is 1. The lowest BCUT2D eigenvalue weighted by atomic mass is 9.99. The number of amides is 1. The molecule has 0 spiro atoms. The van der Waals surface area contributed by atoms with Crippen molar-refractivity contribution in [2.45, 2.75) is 6.42 Å². The van der Waals surface area contributed by atoms with E-state index in [4.69, 9.17) is 11.6 Å². The Kier molecular flexibility index (Phi) is 4.82. The van der Waals surface area contributed by atoms with Gasteiger partial charge in [-0.25, -0.2) is 4.39 Å². The van der Waals surface area contributed by atoms with Crippen LogP contribution in [0.1, 0.15) is 17.5 Å². The number of aromatic nitrogens is 1. The lowest BCUT2D eigenvalue weighted by Crippen LogP contribution is -2.33. The Morgan fingerprint density at radius 2 is 2.11 bits per heavy atom. The fourth-order valence-electron chi connectivity index (χ4n) is 3.36. The summed E-state index contributed by atoms with van der Waals surface area (Å²) in [7, 11) is 0. The van der Waals surface area contributed by atoms with Crippen LogP contribution in [0.4, 0.5) is 4.39 Å². The lowest BCUT2D eigenvalue weighted by molar-refractivity contribution is -0.125. The average Bonchev–Trinajstić information content (AvgIpc) is 3.09. The molecule has 0 aliphatic carbocycles. The van der Waals surface area contributed by atoms with Gasteiger partial charge in [-0.2, -0.15) is 0 Å². The Bertz CT molecular complexity index is 1070. The van der Waals surface area contributed by atoms with Crippen molar-refractivity contribution in [2.75, 3.05) is 13.1 Å². The zero-order chi connectivity index (χ0) is 18.8. The van der Waals surface area contributed by atoms with Crippen LogP contribution in [-0.4, -0.2) is 28.9 Å². The highest BCUT2D eigenvalue weighted by Crippen LogP contribution is 2.30. The SMILES string of the molecule is O=C(/C=C/c1cccc(F)c1)N1CC=C(c2c[nH]c3ccc(Cl)cc23)CC1. The second-order valence-electron chi connectivity index (χ2n) is 6.54. The van der Waals surface area contributed by atoms with Crippen LogP contribution >= 0.6 is 11.6 Å². The van der Waals surface area contributed by atoms with Crippen molar-refractivity contribution in [3.8, 4) is 0 Å². The van der Waals surface area contributed by atoms with Gasteiger partial charge in [0.15, 0.2) is 0 Å². The molecule has 0 radical (unpaired) electrons. The van der Waals surface area contributed by atoms with E-state index in [1.165, 1.54) is 23.8 Å². The first-order valence-corrected chi connectivity index (χ1v) is 9.16. The van der Waals surface area contributed by atoms with Crippen LogP contribution in [0.2, 0.25) is 5.02 Å². The van der Waals surface area contributed by atoms with E-state index in [1.807, 2.05) is 24.4 Å². The summed E-state index contributed by atoms with van der Waals surface area (Å²) in [5.41, 5.74) is 4.07. The standard InChI is InChI=1S/C22H18ClFN2O/c23-17-5-6-21-19(13-17)20(14-25-21)16-8-10-26(11-9-16)22(27)7-4-15-2-1-3-18(24)12-15/h1-8,12-14,25H,9-11H2/b7-4+. The van der Waals surface area contributed by atoms with Gasteiger partial charge in [-0.15, -0.1) is 0 Å². The maximum absolute atomic E-state index is 13.2. The number of benzene rings is 2. The third-order valence-electron chi connectivity index (χ3n) is 4.78. The van der Waals surface area contributed by atoms with Crippen molar-refractivity contribution < 1.29 is 9.18 Å². The highest BCUT2D eigenvalue weighted by atomic mass is 35.5. The lowest BCUT2D eigenvalue weighted by Gasteiger charge is -2.25. The molecule has 4 rings (SSSR count). The number of H-pyrrole nitrogens is 1. The molecular weight excluding hydrogens is 363 g/mol. The number of nitrogens with one attached hydrogen (secondary N) is 1. The molecule has 5 heteroatoms. The largest absolute Gasteiger partial charge is 0.361 e. The summed E-state index contributed by atoms with van der Waals surface area (Å²) in [5.74, 6) is -0.384. The summed E-state index contributed by atoms with van der Waals surface area (Å²) in [6.45, 7) is 1.19. The molecule has 3 aromatic rings. The number of fused-ring (bicyclic) bond motifs is 1. The molecule has 0 fully saturated rings. The molecule has 0 saturated heterocycles. The zero-order valence-electron chi connectivity index (χ0n) is 14.6. The van der Waals surface area contributed by atoms with Crippen LogP contribution in [0.3, 0.4) is 0 Å². The minimum atomic E-state index is -0.311. The second kappa shape index (κ2) is 7.41. The number of rotatable bonds is 3. The topological polar surface area (TPSA) is 36.1 Å². The quantitative estimate of drug-likeness (QED) is 0.616. The van der Waals surface area contributed by atoms with Crippen LogP contribution in [0.5, 0.6) is 0 Å². The molecule has 1 aliphatic rings. The normalized spacial score (nSPS) is 14.7. The van der Waals surface area contributed by atoms with E-state index in [0.29, 0.717) is 23.7 Å². The van der Waals surface area contributed by atoms with Gasteiger partial charge >= 0.3 is 0 Å². The van der Waals surface area contributed by atoms with Gasteiger partial charge in [0.1, 0.15) is 5.82 Å². The van der Waals surface area contributed by atoms with Gasteiger partial charge in [-0.3, -0.25) is 4.79 Å². The van der Waals surface area contributed by atoms with Gasteiger partial charge in [0.2, 0.25) is 5.91 Å². The molecular formula is C22H18ClFN2O. The molecule has 0 saturated carbocycles. The van der Waals surface area contributed by atoms with Gasteiger partial charge < -0.3 is 9.88 Å². The zero-order valence-corrected chi connectivity index (χ0v) is 15.3. The summed E-state index contributed by atoms with van der Waals surface area (Å²) in [6, 6.07) is 12.0. The fraction of sp³-hybridized carbons (Fsp3) is 0.136. The average molecular weight is 381 g/mol. The predicted octanol–water partition coefficient (Wildman–Crippen LogP) is 5.29. The van der Waals surface area contributed by atoms with E-state index < -0.39 is 0 Å². The Hall–Kier alpha value is -2.85. The van der Waals surface area contributed by atoms with Crippen LogP contribution in [0, 0.1) is 5.82 Å². The first-order chi connectivity index (χ1) is 13.1. The molecule has 27 heavy (non-hydrogen) atoms. The van der Waals surface area contributed by atoms with E-state index in [0.717, 1.165) is 22.9 Å². The van der Waals surface area contributed by atoms with Crippen molar-refractivity contribution in [1.29, 1.82) is 0 Å². The van der Waals surface area contributed by atoms with E-state index in [9.17, 15) is 9.18 Å². The Morgan fingerprint density at radius 1 is 1.22 bits per heavy atom. The Morgan fingerprint density at radius 3 is 2.89 bits per heavy atom. The van der Waals surface area contributed by atoms with Gasteiger partial charge in [-0.1, -0.05) is 29.8 Å². The van der Waals surface area contributed by atoms with E-state index >= 15 is 0 Å². The highest BCUT2D eigenvalue weighted by Gasteiger charge is 2.18. The summed E-state index contributed by atoms with van der Waals surface area (Å²) in [5, 5.41) is 1.80. The van der Waals surface area contributed by atoms with Crippen LogP contribution in [-0.2, 0) is 4.79 Å². The van der Waals surface area contributed by atoms with E-state index in [-0.39, 0.29) is 11.7 Å². The minimum absolute atomic E-state index is 0.0727. The molecule has 1 N–H and O–H groups in total. The van der Waals surface area contributed by atoms with Crippen molar-refractivity contribution >= 4 is 40.1 Å². The Labute approximate surface area is 161 Å². The maximum Gasteiger partial charge on any atom is 0.246 e. The van der Waals surface area contributed by atoms with Crippen LogP contribution in [0.25, 0.3) is 22.6 Å². The van der Waals surface area contributed by atoms with E-state index in [2.05, 4.69) is 11.1 Å². The van der Waals surface area contributed by atoms with Crippen LogP contribution in [0.15, 0.2) is 60.8 Å². The van der Waals surface area contributed by atoms with Crippen molar-refractivity contribution in [2.24, 2.45) is 0 Å². The molecule has 0 unspecified atom stereocenters. The third kappa shape index (κ3) is 3.81. The number of aromatic amines is 1. The number of nitrogens with zero attached hydrogens (tertiary/aromatic N) is 1. The van der Waals surface area contributed by atoms with Gasteiger partial charge in [0.05, 0.1) is 0 Å². The maximum atomic E-state index is 13.2. The second-order valence-corrected chi connectivity index (χ2v) is 6.98. The molecule has 136 valence electrons. The summed E-state index contributed by atoms with van der Waals surface area (Å²) in [6.07, 6.45) is 8.00. The van der Waals surface area contributed by atoms with Crippen molar-refractivity contribution in [3.63, 3.8) is 0 Å². The predicted molar refractivity (Wildman–Crippen MR) is 108 cm³/mol. The molecule has 2 aromatic carbocycles. The molecule has 1 amide bonds. The molecule has 1 aliphatic heterocycles. The summed E-state index contributed by atoms with van der Waals surface area (Å²) in [4.78, 5) is 17.4. The molecule has 1 aromatic heterocycles. The first kappa shape index (κ1) is 17.6. The molecule has 3 nitrogen and oxygen atoms in total. The molecule has 2 heterocycles. The molecule has 0 bridgehead atoms. The van der Waals surface area contributed by atoms with Crippen LogP contribution < -0.4 is 0 Å². The smallest absolute Gasteiger partial charge is 0.246 e. The van der Waals surface area contributed by atoms with Gasteiger partial charge in [0, 0.05) is 46.9 Å². The summed E-state index contributed by atoms with van der Waals surface area (Å²) < 4.78 is 13.2. The van der Waals surface area contributed by atoms with Gasteiger partial charge in [-0.05, 0) is 54.0 Å². The van der Waals surface area contributed by atoms with Gasteiger partial charge in [0.25, 0.3) is 0 Å². The third-order valence-corrected chi connectivity index (χ3v) is 5.01. The number of carbonyl (C=O) groups excluding carboxylic acids is 1. The van der Waals surface area contributed by atoms with E-state index in [1.54, 1.807) is 23.1 Å². The minimum Gasteiger partial charge on any atom is -0.361 e.